The highest BCUT2D eigenvalue weighted by Gasteiger charge is 2.02. The Kier molecular flexibility index (Phi) is 5.43. The van der Waals surface area contributed by atoms with E-state index in [0.717, 1.165) is 28.1 Å². The molecule has 0 saturated carbocycles. The molecular formula is C20H20N4O2. The molecule has 26 heavy (non-hydrogen) atoms. The Labute approximate surface area is 151 Å². The van der Waals surface area contributed by atoms with Gasteiger partial charge in [-0.15, -0.1) is 0 Å². The highest BCUT2D eigenvalue weighted by Crippen LogP contribution is 2.11. The van der Waals surface area contributed by atoms with Crippen molar-refractivity contribution < 1.29 is 9.59 Å². The van der Waals surface area contributed by atoms with E-state index in [4.69, 9.17) is 0 Å². The summed E-state index contributed by atoms with van der Waals surface area (Å²) >= 11 is 0. The van der Waals surface area contributed by atoms with E-state index in [1.165, 1.54) is 13.0 Å². The van der Waals surface area contributed by atoms with Gasteiger partial charge in [0.25, 0.3) is 0 Å². The first-order valence-corrected chi connectivity index (χ1v) is 8.37. The SMILES string of the molecule is CC(=O)Nc1ccc(/C=C/C(=O)NCCc2nc3ccccc3[nH]2)cc1. The number of imidazole rings is 1. The number of carbonyl (C=O) groups excluding carboxylic acids is 2. The minimum atomic E-state index is -0.160. The van der Waals surface area contributed by atoms with Gasteiger partial charge in [0, 0.05) is 31.7 Å². The smallest absolute Gasteiger partial charge is 0.244 e. The van der Waals surface area contributed by atoms with Crippen molar-refractivity contribution in [3.8, 4) is 0 Å². The zero-order chi connectivity index (χ0) is 18.4. The minimum Gasteiger partial charge on any atom is -0.352 e. The Bertz CT molecular complexity index is 909. The molecule has 0 aliphatic carbocycles. The van der Waals surface area contributed by atoms with Gasteiger partial charge in [-0.3, -0.25) is 9.59 Å². The van der Waals surface area contributed by atoms with Crippen molar-refractivity contribution in [3.05, 3.63) is 66.0 Å². The van der Waals surface area contributed by atoms with Crippen LogP contribution >= 0.6 is 0 Å². The fourth-order valence-electron chi connectivity index (χ4n) is 2.54. The molecule has 0 spiro atoms. The van der Waals surface area contributed by atoms with Crippen LogP contribution in [0.15, 0.2) is 54.6 Å². The summed E-state index contributed by atoms with van der Waals surface area (Å²) in [4.78, 5) is 30.6. The second kappa shape index (κ2) is 8.11. The van der Waals surface area contributed by atoms with E-state index in [9.17, 15) is 9.59 Å². The first-order chi connectivity index (χ1) is 12.6. The number of rotatable bonds is 6. The lowest BCUT2D eigenvalue weighted by molar-refractivity contribution is -0.116. The van der Waals surface area contributed by atoms with Crippen LogP contribution in [0.25, 0.3) is 17.1 Å². The van der Waals surface area contributed by atoms with Gasteiger partial charge < -0.3 is 15.6 Å². The first kappa shape index (κ1) is 17.4. The third-order valence-corrected chi connectivity index (χ3v) is 3.76. The van der Waals surface area contributed by atoms with E-state index >= 15 is 0 Å². The van der Waals surface area contributed by atoms with Crippen molar-refractivity contribution in [1.29, 1.82) is 0 Å². The van der Waals surface area contributed by atoms with Gasteiger partial charge in [0.15, 0.2) is 0 Å². The maximum Gasteiger partial charge on any atom is 0.244 e. The molecule has 0 aliphatic heterocycles. The van der Waals surface area contributed by atoms with Gasteiger partial charge in [-0.05, 0) is 35.9 Å². The topological polar surface area (TPSA) is 86.9 Å². The highest BCUT2D eigenvalue weighted by molar-refractivity contribution is 5.92. The highest BCUT2D eigenvalue weighted by atomic mass is 16.2. The van der Waals surface area contributed by atoms with Crippen molar-refractivity contribution in [2.45, 2.75) is 13.3 Å². The van der Waals surface area contributed by atoms with Gasteiger partial charge >= 0.3 is 0 Å². The number of anilines is 1. The van der Waals surface area contributed by atoms with Crippen LogP contribution in [0.5, 0.6) is 0 Å². The van der Waals surface area contributed by atoms with Crippen LogP contribution < -0.4 is 10.6 Å². The molecule has 6 nitrogen and oxygen atoms in total. The first-order valence-electron chi connectivity index (χ1n) is 8.37. The Morgan fingerprint density at radius 3 is 2.62 bits per heavy atom. The Morgan fingerprint density at radius 1 is 1.12 bits per heavy atom. The molecule has 1 heterocycles. The van der Waals surface area contributed by atoms with Gasteiger partial charge in [-0.25, -0.2) is 4.98 Å². The van der Waals surface area contributed by atoms with Crippen molar-refractivity contribution in [2.24, 2.45) is 0 Å². The molecule has 6 heteroatoms. The number of aromatic nitrogens is 2. The van der Waals surface area contributed by atoms with Crippen LogP contribution in [-0.4, -0.2) is 28.3 Å². The van der Waals surface area contributed by atoms with Crippen LogP contribution in [0.2, 0.25) is 0 Å². The molecule has 0 radical (unpaired) electrons. The minimum absolute atomic E-state index is 0.114. The van der Waals surface area contributed by atoms with Crippen LogP contribution in [0, 0.1) is 0 Å². The average molecular weight is 348 g/mol. The Morgan fingerprint density at radius 2 is 1.88 bits per heavy atom. The number of amides is 2. The second-order valence-electron chi connectivity index (χ2n) is 5.88. The molecule has 0 bridgehead atoms. The summed E-state index contributed by atoms with van der Waals surface area (Å²) in [5.74, 6) is 0.577. The van der Waals surface area contributed by atoms with Gasteiger partial charge in [-0.1, -0.05) is 24.3 Å². The number of fused-ring (bicyclic) bond motifs is 1. The predicted molar refractivity (Wildman–Crippen MR) is 103 cm³/mol. The number of H-pyrrole nitrogens is 1. The third kappa shape index (κ3) is 4.80. The number of benzene rings is 2. The van der Waals surface area contributed by atoms with E-state index in [1.54, 1.807) is 18.2 Å². The van der Waals surface area contributed by atoms with Crippen LogP contribution in [-0.2, 0) is 16.0 Å². The van der Waals surface area contributed by atoms with Crippen molar-refractivity contribution in [1.82, 2.24) is 15.3 Å². The zero-order valence-corrected chi connectivity index (χ0v) is 14.5. The molecule has 0 saturated heterocycles. The van der Waals surface area contributed by atoms with Crippen LogP contribution in [0.4, 0.5) is 5.69 Å². The fourth-order valence-corrected chi connectivity index (χ4v) is 2.54. The molecule has 0 atom stereocenters. The van der Waals surface area contributed by atoms with E-state index in [2.05, 4.69) is 20.6 Å². The van der Waals surface area contributed by atoms with Gasteiger partial charge in [0.2, 0.25) is 11.8 Å². The number of nitrogens with one attached hydrogen (secondary N) is 3. The molecule has 3 N–H and O–H groups in total. The number of aromatic amines is 1. The molecule has 1 aromatic heterocycles. The van der Waals surface area contributed by atoms with Gasteiger partial charge in [-0.2, -0.15) is 0 Å². The molecule has 3 rings (SSSR count). The van der Waals surface area contributed by atoms with Gasteiger partial charge in [0.1, 0.15) is 5.82 Å². The van der Waals surface area contributed by atoms with Crippen LogP contribution in [0.3, 0.4) is 0 Å². The average Bonchev–Trinajstić information content (AvgIpc) is 3.03. The molecule has 2 aromatic carbocycles. The number of carbonyl (C=O) groups is 2. The molecule has 0 fully saturated rings. The molecule has 0 unspecified atom stereocenters. The van der Waals surface area contributed by atoms with E-state index in [1.807, 2.05) is 36.4 Å². The largest absolute Gasteiger partial charge is 0.352 e. The molecular weight excluding hydrogens is 328 g/mol. The maximum atomic E-state index is 11.9. The second-order valence-corrected chi connectivity index (χ2v) is 5.88. The van der Waals surface area contributed by atoms with Crippen molar-refractivity contribution >= 4 is 34.6 Å². The number of hydrogen-bond donors (Lipinski definition) is 3. The summed E-state index contributed by atoms with van der Waals surface area (Å²) in [5.41, 5.74) is 3.53. The normalized spacial score (nSPS) is 11.0. The number of nitrogens with zero attached hydrogens (tertiary/aromatic N) is 1. The van der Waals surface area contributed by atoms with Gasteiger partial charge in [0.05, 0.1) is 11.0 Å². The third-order valence-electron chi connectivity index (χ3n) is 3.76. The Balaban J connectivity index is 1.47. The molecule has 132 valence electrons. The molecule has 0 aliphatic rings. The van der Waals surface area contributed by atoms with Crippen molar-refractivity contribution in [2.75, 3.05) is 11.9 Å². The summed E-state index contributed by atoms with van der Waals surface area (Å²) < 4.78 is 0. The van der Waals surface area contributed by atoms with E-state index in [0.29, 0.717) is 13.0 Å². The Hall–Kier alpha value is -3.41. The van der Waals surface area contributed by atoms with E-state index in [-0.39, 0.29) is 11.8 Å². The van der Waals surface area contributed by atoms with Crippen molar-refractivity contribution in [3.63, 3.8) is 0 Å². The lowest BCUT2D eigenvalue weighted by Gasteiger charge is -2.02. The predicted octanol–water partition coefficient (Wildman–Crippen LogP) is 2.89. The monoisotopic (exact) mass is 348 g/mol. The standard InChI is InChI=1S/C20H20N4O2/c1-14(25)22-16-9-6-15(7-10-16)8-11-20(26)21-13-12-19-23-17-4-2-3-5-18(17)24-19/h2-11H,12-13H2,1H3,(H,21,26)(H,22,25)(H,23,24)/b11-8+. The number of para-hydroxylation sites is 2. The maximum absolute atomic E-state index is 11.9. The number of hydrogen-bond acceptors (Lipinski definition) is 3. The van der Waals surface area contributed by atoms with Crippen LogP contribution in [0.1, 0.15) is 18.3 Å². The summed E-state index contributed by atoms with van der Waals surface area (Å²) in [5, 5.41) is 5.54. The summed E-state index contributed by atoms with van der Waals surface area (Å²) in [6.07, 6.45) is 3.86. The summed E-state index contributed by atoms with van der Waals surface area (Å²) in [6.45, 7) is 1.97. The fraction of sp³-hybridized carbons (Fsp3) is 0.150. The quantitative estimate of drug-likeness (QED) is 0.599. The lowest BCUT2D eigenvalue weighted by Crippen LogP contribution is -2.23. The molecule has 3 aromatic rings. The molecule has 2 amide bonds. The lowest BCUT2D eigenvalue weighted by atomic mass is 10.2. The zero-order valence-electron chi connectivity index (χ0n) is 14.5. The van der Waals surface area contributed by atoms with E-state index < -0.39 is 0 Å². The summed E-state index contributed by atoms with van der Waals surface area (Å²) in [6, 6.07) is 15.1. The summed E-state index contributed by atoms with van der Waals surface area (Å²) in [7, 11) is 0.